The summed E-state index contributed by atoms with van der Waals surface area (Å²) in [5.74, 6) is 0.908. The molecule has 1 heterocycles. The van der Waals surface area contributed by atoms with Crippen molar-refractivity contribution in [2.75, 3.05) is 0 Å². The van der Waals surface area contributed by atoms with E-state index in [1.165, 1.54) is 6.07 Å². The minimum atomic E-state index is -4.37. The van der Waals surface area contributed by atoms with E-state index in [0.29, 0.717) is 28.8 Å². The van der Waals surface area contributed by atoms with E-state index in [1.54, 1.807) is 6.08 Å². The van der Waals surface area contributed by atoms with Gasteiger partial charge in [0, 0.05) is 6.20 Å². The predicted molar refractivity (Wildman–Crippen MR) is 69.8 cm³/mol. The average molecular weight is 304 g/mol. The number of pyridine rings is 1. The lowest BCUT2D eigenvalue weighted by Crippen LogP contribution is -2.07. The third kappa shape index (κ3) is 3.76. The smallest absolute Gasteiger partial charge is 0.417 e. The zero-order valence-corrected chi connectivity index (χ0v) is 11.5. The minimum absolute atomic E-state index is 0.0857. The first kappa shape index (κ1) is 14.9. The van der Waals surface area contributed by atoms with Gasteiger partial charge in [-0.15, -0.1) is 0 Å². The van der Waals surface area contributed by atoms with Gasteiger partial charge < -0.3 is 4.74 Å². The zero-order chi connectivity index (χ0) is 14.8. The van der Waals surface area contributed by atoms with Crippen molar-refractivity contribution in [1.82, 2.24) is 4.98 Å². The molecule has 1 atom stereocenters. The molecule has 0 amide bonds. The molecule has 0 fully saturated rings. The van der Waals surface area contributed by atoms with Gasteiger partial charge in [-0.05, 0) is 30.5 Å². The fraction of sp³-hybridized carbons (Fsp3) is 0.357. The Hall–Kier alpha value is -1.49. The van der Waals surface area contributed by atoms with Gasteiger partial charge in [0.1, 0.15) is 12.4 Å². The van der Waals surface area contributed by atoms with Crippen LogP contribution in [0.25, 0.3) is 0 Å². The first-order chi connectivity index (χ1) is 9.36. The second kappa shape index (κ2) is 5.87. The number of alkyl halides is 3. The molecule has 20 heavy (non-hydrogen) atoms. The highest BCUT2D eigenvalue weighted by atomic mass is 35.5. The first-order valence-corrected chi connectivity index (χ1v) is 6.46. The van der Waals surface area contributed by atoms with E-state index in [2.05, 4.69) is 4.98 Å². The lowest BCUT2D eigenvalue weighted by molar-refractivity contribution is -0.137. The van der Waals surface area contributed by atoms with Crippen molar-refractivity contribution >= 4 is 11.6 Å². The number of halogens is 4. The number of allylic oxidation sites excluding steroid dienone is 3. The molecule has 0 N–H and O–H groups in total. The molecule has 0 spiro atoms. The quantitative estimate of drug-likeness (QED) is 0.810. The first-order valence-electron chi connectivity index (χ1n) is 6.08. The van der Waals surface area contributed by atoms with Gasteiger partial charge in [-0.2, -0.15) is 13.2 Å². The molecule has 1 unspecified atom stereocenters. The van der Waals surface area contributed by atoms with Crippen LogP contribution in [0.1, 0.15) is 24.6 Å². The highest BCUT2D eigenvalue weighted by Crippen LogP contribution is 2.29. The summed E-state index contributed by atoms with van der Waals surface area (Å²) < 4.78 is 42.6. The van der Waals surface area contributed by atoms with Crippen LogP contribution >= 0.6 is 11.6 Å². The molecule has 0 aromatic carbocycles. The van der Waals surface area contributed by atoms with Gasteiger partial charge in [0.15, 0.2) is 0 Å². The van der Waals surface area contributed by atoms with E-state index in [4.69, 9.17) is 16.3 Å². The Morgan fingerprint density at radius 2 is 2.15 bits per heavy atom. The van der Waals surface area contributed by atoms with E-state index >= 15 is 0 Å². The molecular weight excluding hydrogens is 291 g/mol. The van der Waals surface area contributed by atoms with Crippen LogP contribution in [-0.4, -0.2) is 4.98 Å². The number of nitrogens with zero attached hydrogens (tertiary/aromatic N) is 1. The van der Waals surface area contributed by atoms with Crippen LogP contribution in [0.15, 0.2) is 41.3 Å². The fourth-order valence-electron chi connectivity index (χ4n) is 1.75. The highest BCUT2D eigenvalue weighted by Gasteiger charge is 2.30. The number of rotatable bonds is 3. The molecule has 6 heteroatoms. The van der Waals surface area contributed by atoms with Gasteiger partial charge in [-0.3, -0.25) is 4.98 Å². The predicted octanol–water partition coefficient (Wildman–Crippen LogP) is 4.66. The standard InChI is InChI=1S/C14H13ClF3NO/c1-9-2-5-13(12(15)6-9)20-8-11-4-3-10(7-19-11)14(16,17)18/h2-5,7,9H,6,8H2,1H3. The molecule has 2 nitrogen and oxygen atoms in total. The van der Waals surface area contributed by atoms with Crippen LogP contribution in [0.5, 0.6) is 0 Å². The van der Waals surface area contributed by atoms with Crippen LogP contribution in [0.3, 0.4) is 0 Å². The van der Waals surface area contributed by atoms with E-state index < -0.39 is 11.7 Å². The largest absolute Gasteiger partial charge is 0.486 e. The Kier molecular flexibility index (Phi) is 4.38. The van der Waals surface area contributed by atoms with Gasteiger partial charge in [0.2, 0.25) is 0 Å². The number of aromatic nitrogens is 1. The Morgan fingerprint density at radius 1 is 1.40 bits per heavy atom. The summed E-state index contributed by atoms with van der Waals surface area (Å²) in [7, 11) is 0. The van der Waals surface area contributed by atoms with Crippen LogP contribution in [0.2, 0.25) is 0 Å². The Bertz CT molecular complexity index is 534. The molecule has 0 radical (unpaired) electrons. The van der Waals surface area contributed by atoms with Crippen molar-refractivity contribution in [2.45, 2.75) is 26.1 Å². The maximum absolute atomic E-state index is 12.4. The van der Waals surface area contributed by atoms with Gasteiger partial charge >= 0.3 is 6.18 Å². The number of hydrogen-bond acceptors (Lipinski definition) is 2. The van der Waals surface area contributed by atoms with E-state index in [1.807, 2.05) is 13.0 Å². The number of ether oxygens (including phenoxy) is 1. The summed E-state index contributed by atoms with van der Waals surface area (Å²) in [4.78, 5) is 3.73. The summed E-state index contributed by atoms with van der Waals surface area (Å²) in [5, 5.41) is 0.618. The minimum Gasteiger partial charge on any atom is -0.486 e. The van der Waals surface area contributed by atoms with Crippen LogP contribution in [0.4, 0.5) is 13.2 Å². The van der Waals surface area contributed by atoms with Crippen molar-refractivity contribution in [1.29, 1.82) is 0 Å². The average Bonchev–Trinajstić information content (AvgIpc) is 2.37. The molecule has 1 aliphatic carbocycles. The lowest BCUT2D eigenvalue weighted by atomic mass is 10.0. The van der Waals surface area contributed by atoms with Crippen molar-refractivity contribution < 1.29 is 17.9 Å². The molecule has 1 aromatic rings. The molecule has 2 rings (SSSR count). The second-order valence-electron chi connectivity index (χ2n) is 4.63. The summed E-state index contributed by atoms with van der Waals surface area (Å²) in [5.41, 5.74) is -0.355. The van der Waals surface area contributed by atoms with E-state index in [-0.39, 0.29) is 6.61 Å². The van der Waals surface area contributed by atoms with Gasteiger partial charge in [-0.25, -0.2) is 0 Å². The van der Waals surface area contributed by atoms with Crippen molar-refractivity contribution in [3.63, 3.8) is 0 Å². The number of hydrogen-bond donors (Lipinski definition) is 0. The lowest BCUT2D eigenvalue weighted by Gasteiger charge is -2.16. The van der Waals surface area contributed by atoms with Gasteiger partial charge in [-0.1, -0.05) is 24.6 Å². The fourth-order valence-corrected chi connectivity index (χ4v) is 2.11. The van der Waals surface area contributed by atoms with Crippen LogP contribution < -0.4 is 0 Å². The van der Waals surface area contributed by atoms with Gasteiger partial charge in [0.05, 0.1) is 16.3 Å². The molecule has 0 saturated carbocycles. The van der Waals surface area contributed by atoms with Crippen molar-refractivity contribution in [3.05, 3.63) is 52.5 Å². The molecule has 1 aromatic heterocycles. The summed E-state index contributed by atoms with van der Waals surface area (Å²) in [6.07, 6.45) is 0.879. The van der Waals surface area contributed by atoms with Crippen LogP contribution in [-0.2, 0) is 17.5 Å². The second-order valence-corrected chi connectivity index (χ2v) is 5.09. The molecular formula is C14H13ClF3NO. The summed E-state index contributed by atoms with van der Waals surface area (Å²) in [6, 6.07) is 2.28. The SMILES string of the molecule is CC1C=CC(OCc2ccc(C(F)(F)F)cn2)=C(Cl)C1. The Balaban J connectivity index is 1.98. The normalized spacial score (nSPS) is 19.4. The monoisotopic (exact) mass is 303 g/mol. The maximum atomic E-state index is 12.4. The Morgan fingerprint density at radius 3 is 2.70 bits per heavy atom. The summed E-state index contributed by atoms with van der Waals surface area (Å²) >= 11 is 6.06. The topological polar surface area (TPSA) is 22.1 Å². The maximum Gasteiger partial charge on any atom is 0.417 e. The molecule has 0 aliphatic heterocycles. The molecule has 0 bridgehead atoms. The third-order valence-corrected chi connectivity index (χ3v) is 3.21. The van der Waals surface area contributed by atoms with E-state index in [9.17, 15) is 13.2 Å². The van der Waals surface area contributed by atoms with Crippen molar-refractivity contribution in [2.24, 2.45) is 5.92 Å². The molecule has 108 valence electrons. The van der Waals surface area contributed by atoms with Gasteiger partial charge in [0.25, 0.3) is 0 Å². The third-order valence-electron chi connectivity index (χ3n) is 2.87. The Labute approximate surface area is 119 Å². The zero-order valence-electron chi connectivity index (χ0n) is 10.7. The van der Waals surface area contributed by atoms with Crippen LogP contribution in [0, 0.1) is 5.92 Å². The highest BCUT2D eigenvalue weighted by molar-refractivity contribution is 6.30. The molecule has 1 aliphatic rings. The summed E-state index contributed by atoms with van der Waals surface area (Å²) in [6.45, 7) is 2.12. The van der Waals surface area contributed by atoms with Crippen molar-refractivity contribution in [3.8, 4) is 0 Å². The van der Waals surface area contributed by atoms with E-state index in [0.717, 1.165) is 12.3 Å². The molecule has 0 saturated heterocycles.